The Balaban J connectivity index is 3.35. The van der Waals surface area contributed by atoms with E-state index in [2.05, 4.69) is 12.2 Å². The van der Waals surface area contributed by atoms with Crippen molar-refractivity contribution in [3.63, 3.8) is 0 Å². The maximum atomic E-state index is 12.3. The highest BCUT2D eigenvalue weighted by molar-refractivity contribution is 7.80. The van der Waals surface area contributed by atoms with E-state index >= 15 is 0 Å². The Bertz CT molecular complexity index is 373. The predicted octanol–water partition coefficient (Wildman–Crippen LogP) is 1.92. The van der Waals surface area contributed by atoms with Gasteiger partial charge in [0.25, 0.3) is 0 Å². The van der Waals surface area contributed by atoms with E-state index in [1.807, 2.05) is 0 Å². The molecule has 2 nitrogen and oxygen atoms in total. The molecule has 1 aromatic rings. The van der Waals surface area contributed by atoms with Gasteiger partial charge in [-0.3, -0.25) is 0 Å². The summed E-state index contributed by atoms with van der Waals surface area (Å²) < 4.78 is 37.0. The van der Waals surface area contributed by atoms with Crippen LogP contribution in [-0.4, -0.2) is 4.99 Å². The molecular weight excluding hydrogens is 213 g/mol. The molecule has 6 heteroatoms. The zero-order valence-corrected chi connectivity index (χ0v) is 7.75. The maximum Gasteiger partial charge on any atom is 0.418 e. The number of halogens is 3. The number of thiocarbonyl (C=S) groups is 1. The third-order valence-electron chi connectivity index (χ3n) is 1.68. The fourth-order valence-electron chi connectivity index (χ4n) is 1.03. The first-order valence-corrected chi connectivity index (χ1v) is 4.00. The van der Waals surface area contributed by atoms with Gasteiger partial charge in [-0.15, -0.1) is 0 Å². The van der Waals surface area contributed by atoms with Crippen LogP contribution in [0.1, 0.15) is 11.1 Å². The van der Waals surface area contributed by atoms with Gasteiger partial charge in [-0.05, 0) is 12.1 Å². The lowest BCUT2D eigenvalue weighted by Gasteiger charge is -2.12. The van der Waals surface area contributed by atoms with Gasteiger partial charge in [0.2, 0.25) is 0 Å². The minimum Gasteiger partial charge on any atom is -0.398 e. The van der Waals surface area contributed by atoms with Gasteiger partial charge in [-0.2, -0.15) is 13.2 Å². The fraction of sp³-hybridized carbons (Fsp3) is 0.125. The number of benzene rings is 1. The molecule has 0 aliphatic rings. The molecule has 0 bridgehead atoms. The fourth-order valence-corrected chi connectivity index (χ4v) is 1.21. The van der Waals surface area contributed by atoms with E-state index < -0.39 is 17.4 Å². The standard InChI is InChI=1S/C8H7F3N2S/c9-8(10,11)5-3-1-2-4(6(5)12)7(13)14/h1-3H,12H2,(H2,13,14). The quantitative estimate of drug-likeness (QED) is 0.561. The van der Waals surface area contributed by atoms with E-state index in [1.165, 1.54) is 12.1 Å². The number of alkyl halides is 3. The number of hydrogen-bond acceptors (Lipinski definition) is 2. The van der Waals surface area contributed by atoms with Crippen LogP contribution in [0.25, 0.3) is 0 Å². The summed E-state index contributed by atoms with van der Waals surface area (Å²) in [6.45, 7) is 0. The first-order chi connectivity index (χ1) is 6.34. The molecule has 1 rings (SSSR count). The van der Waals surface area contributed by atoms with E-state index in [0.29, 0.717) is 0 Å². The van der Waals surface area contributed by atoms with Crippen molar-refractivity contribution in [2.45, 2.75) is 6.18 Å². The van der Waals surface area contributed by atoms with E-state index in [-0.39, 0.29) is 10.6 Å². The van der Waals surface area contributed by atoms with Gasteiger partial charge in [0.15, 0.2) is 0 Å². The Morgan fingerprint density at radius 2 is 1.86 bits per heavy atom. The van der Waals surface area contributed by atoms with Crippen molar-refractivity contribution in [3.8, 4) is 0 Å². The first-order valence-electron chi connectivity index (χ1n) is 3.59. The average Bonchev–Trinajstić information content (AvgIpc) is 2.01. The predicted molar refractivity (Wildman–Crippen MR) is 51.7 cm³/mol. The molecule has 14 heavy (non-hydrogen) atoms. The third-order valence-corrected chi connectivity index (χ3v) is 1.90. The van der Waals surface area contributed by atoms with E-state index in [4.69, 9.17) is 11.5 Å². The molecule has 0 radical (unpaired) electrons. The van der Waals surface area contributed by atoms with Crippen molar-refractivity contribution in [3.05, 3.63) is 29.3 Å². The highest BCUT2D eigenvalue weighted by atomic mass is 32.1. The Kier molecular flexibility index (Phi) is 2.66. The van der Waals surface area contributed by atoms with Gasteiger partial charge < -0.3 is 11.5 Å². The highest BCUT2D eigenvalue weighted by Crippen LogP contribution is 2.34. The molecule has 0 fully saturated rings. The summed E-state index contributed by atoms with van der Waals surface area (Å²) in [6, 6.07) is 3.46. The Labute approximate surface area is 83.7 Å². The molecule has 76 valence electrons. The number of nitrogens with two attached hydrogens (primary N) is 2. The van der Waals surface area contributed by atoms with Crippen LogP contribution >= 0.6 is 12.2 Å². The molecule has 0 saturated heterocycles. The molecule has 0 aliphatic carbocycles. The summed E-state index contributed by atoms with van der Waals surface area (Å²) in [5.41, 5.74) is 9.21. The molecule has 0 unspecified atom stereocenters. The van der Waals surface area contributed by atoms with Crippen LogP contribution in [0.3, 0.4) is 0 Å². The van der Waals surface area contributed by atoms with Crippen LogP contribution < -0.4 is 11.5 Å². The van der Waals surface area contributed by atoms with Crippen molar-refractivity contribution in [2.75, 3.05) is 5.73 Å². The van der Waals surface area contributed by atoms with Crippen LogP contribution in [0.15, 0.2) is 18.2 Å². The average molecular weight is 220 g/mol. The van der Waals surface area contributed by atoms with Crippen LogP contribution in [0.4, 0.5) is 18.9 Å². The zero-order valence-electron chi connectivity index (χ0n) is 6.93. The van der Waals surface area contributed by atoms with E-state index in [9.17, 15) is 13.2 Å². The lowest BCUT2D eigenvalue weighted by molar-refractivity contribution is -0.136. The molecule has 0 atom stereocenters. The molecule has 1 aromatic carbocycles. The minimum atomic E-state index is -4.48. The van der Waals surface area contributed by atoms with Crippen LogP contribution in [0.5, 0.6) is 0 Å². The zero-order chi connectivity index (χ0) is 10.9. The summed E-state index contributed by atoms with van der Waals surface area (Å²) in [7, 11) is 0. The van der Waals surface area contributed by atoms with Crippen molar-refractivity contribution in [1.29, 1.82) is 0 Å². The SMILES string of the molecule is NC(=S)c1cccc(C(F)(F)F)c1N. The monoisotopic (exact) mass is 220 g/mol. The third kappa shape index (κ3) is 1.95. The summed E-state index contributed by atoms with van der Waals surface area (Å²) in [5.74, 6) is 0. The summed E-state index contributed by atoms with van der Waals surface area (Å²) in [5, 5.41) is 0. The second-order valence-corrected chi connectivity index (χ2v) is 3.07. The van der Waals surface area contributed by atoms with Crippen LogP contribution in [-0.2, 0) is 6.18 Å². The van der Waals surface area contributed by atoms with Gasteiger partial charge in [-0.1, -0.05) is 18.3 Å². The Morgan fingerprint density at radius 1 is 1.29 bits per heavy atom. The van der Waals surface area contributed by atoms with E-state index in [0.717, 1.165) is 6.07 Å². The van der Waals surface area contributed by atoms with Crippen molar-refractivity contribution in [1.82, 2.24) is 0 Å². The number of nitrogen functional groups attached to an aromatic ring is 1. The van der Waals surface area contributed by atoms with Crippen molar-refractivity contribution in [2.24, 2.45) is 5.73 Å². The lowest BCUT2D eigenvalue weighted by Crippen LogP contribution is -2.16. The van der Waals surface area contributed by atoms with Crippen LogP contribution in [0.2, 0.25) is 0 Å². The summed E-state index contributed by atoms with van der Waals surface area (Å²) in [4.78, 5) is -0.145. The van der Waals surface area contributed by atoms with Crippen molar-refractivity contribution < 1.29 is 13.2 Å². The second-order valence-electron chi connectivity index (χ2n) is 2.63. The molecule has 0 spiro atoms. The van der Waals surface area contributed by atoms with Crippen LogP contribution in [0, 0.1) is 0 Å². The minimum absolute atomic E-state index is 0.0508. The molecule has 0 aliphatic heterocycles. The number of rotatable bonds is 1. The van der Waals surface area contributed by atoms with Gasteiger partial charge in [0, 0.05) is 5.56 Å². The second kappa shape index (κ2) is 3.45. The summed E-state index contributed by atoms with van der Waals surface area (Å²) >= 11 is 4.56. The number of para-hydroxylation sites is 1. The Hall–Kier alpha value is -1.30. The first kappa shape index (κ1) is 10.8. The molecule has 0 heterocycles. The topological polar surface area (TPSA) is 52.0 Å². The largest absolute Gasteiger partial charge is 0.418 e. The Morgan fingerprint density at radius 3 is 2.29 bits per heavy atom. The number of hydrogen-bond donors (Lipinski definition) is 2. The molecule has 0 amide bonds. The number of anilines is 1. The smallest absolute Gasteiger partial charge is 0.398 e. The van der Waals surface area contributed by atoms with Gasteiger partial charge >= 0.3 is 6.18 Å². The normalized spacial score (nSPS) is 11.4. The maximum absolute atomic E-state index is 12.3. The highest BCUT2D eigenvalue weighted by Gasteiger charge is 2.33. The van der Waals surface area contributed by atoms with E-state index in [1.54, 1.807) is 0 Å². The van der Waals surface area contributed by atoms with Gasteiger partial charge in [0.05, 0.1) is 11.3 Å². The molecule has 0 saturated carbocycles. The molecular formula is C8H7F3N2S. The summed E-state index contributed by atoms with van der Waals surface area (Å²) in [6.07, 6.45) is -4.48. The lowest BCUT2D eigenvalue weighted by atomic mass is 10.1. The molecule has 0 aromatic heterocycles. The van der Waals surface area contributed by atoms with Crippen molar-refractivity contribution >= 4 is 22.9 Å². The van der Waals surface area contributed by atoms with Gasteiger partial charge in [-0.25, -0.2) is 0 Å². The molecule has 4 N–H and O–H groups in total. The van der Waals surface area contributed by atoms with Gasteiger partial charge in [0.1, 0.15) is 4.99 Å².